The molecule has 1 N–H and O–H groups in total. The first-order valence-electron chi connectivity index (χ1n) is 8.75. The molecule has 0 unspecified atom stereocenters. The number of nitrogens with zero attached hydrogens (tertiary/aromatic N) is 2. The predicted molar refractivity (Wildman–Crippen MR) is 96.7 cm³/mol. The van der Waals surface area contributed by atoms with Crippen molar-refractivity contribution >= 4 is 16.7 Å². The van der Waals surface area contributed by atoms with Gasteiger partial charge in [0.05, 0.1) is 0 Å². The molecular weight excluding hydrogens is 338 g/mol. The summed E-state index contributed by atoms with van der Waals surface area (Å²) >= 11 is 1.39. The Kier molecular flexibility index (Phi) is 4.76. The molecule has 0 atom stereocenters. The molecule has 1 aliphatic carbocycles. The Hall–Kier alpha value is -1.86. The summed E-state index contributed by atoms with van der Waals surface area (Å²) in [6, 6.07) is 6.40. The maximum Gasteiger partial charge on any atom is 0.202 e. The van der Waals surface area contributed by atoms with Gasteiger partial charge in [0, 0.05) is 30.6 Å². The van der Waals surface area contributed by atoms with E-state index in [-0.39, 0.29) is 5.41 Å². The minimum Gasteiger partial charge on any atom is -0.486 e. The molecule has 1 aromatic carbocycles. The highest BCUT2D eigenvalue weighted by Crippen LogP contribution is 2.44. The predicted octanol–water partition coefficient (Wildman–Crippen LogP) is 3.38. The van der Waals surface area contributed by atoms with Gasteiger partial charge < -0.3 is 19.5 Å². The Balaban J connectivity index is 1.53. The summed E-state index contributed by atoms with van der Waals surface area (Å²) < 4.78 is 20.8. The zero-order valence-electron chi connectivity index (χ0n) is 14.4. The van der Waals surface area contributed by atoms with Crippen LogP contribution >= 0.6 is 11.5 Å². The molecule has 1 fully saturated rings. The molecule has 7 heteroatoms. The minimum atomic E-state index is 0.114. The molecule has 2 aliphatic rings. The van der Waals surface area contributed by atoms with E-state index in [1.165, 1.54) is 42.8 Å². The molecule has 1 saturated carbocycles. The van der Waals surface area contributed by atoms with E-state index in [0.29, 0.717) is 19.8 Å². The first-order valence-corrected chi connectivity index (χ1v) is 9.52. The molecule has 0 radical (unpaired) electrons. The first kappa shape index (κ1) is 16.6. The number of ether oxygens (including phenoxy) is 3. The number of fused-ring (bicyclic) bond motifs is 1. The van der Waals surface area contributed by atoms with Crippen LogP contribution in [0.3, 0.4) is 0 Å². The highest BCUT2D eigenvalue weighted by molar-refractivity contribution is 7.09. The third-order valence-corrected chi connectivity index (χ3v) is 5.75. The highest BCUT2D eigenvalue weighted by Gasteiger charge is 2.36. The zero-order chi connectivity index (χ0) is 17.1. The first-order chi connectivity index (χ1) is 12.3. The fraction of sp³-hybridized carbons (Fsp3) is 0.556. The number of hydrogen-bond acceptors (Lipinski definition) is 7. The molecule has 2 aromatic rings. The van der Waals surface area contributed by atoms with Crippen LogP contribution in [0.25, 0.3) is 0 Å². The van der Waals surface area contributed by atoms with Crippen molar-refractivity contribution in [3.8, 4) is 11.5 Å². The van der Waals surface area contributed by atoms with Crippen molar-refractivity contribution in [2.24, 2.45) is 0 Å². The molecule has 1 aliphatic heterocycles. The van der Waals surface area contributed by atoms with Crippen LogP contribution in [-0.4, -0.2) is 36.2 Å². The van der Waals surface area contributed by atoms with E-state index in [2.05, 4.69) is 26.8 Å². The Bertz CT molecular complexity index is 728. The fourth-order valence-electron chi connectivity index (χ4n) is 3.75. The van der Waals surface area contributed by atoms with Gasteiger partial charge in [0.1, 0.15) is 19.8 Å². The number of rotatable bonds is 6. The van der Waals surface area contributed by atoms with Crippen molar-refractivity contribution in [2.75, 3.05) is 32.2 Å². The molecule has 6 nitrogen and oxygen atoms in total. The summed E-state index contributed by atoms with van der Waals surface area (Å²) in [6.07, 6.45) is 4.84. The maximum absolute atomic E-state index is 5.78. The largest absolute Gasteiger partial charge is 0.486 e. The van der Waals surface area contributed by atoms with Crippen LogP contribution in [0.1, 0.15) is 37.1 Å². The summed E-state index contributed by atoms with van der Waals surface area (Å²) in [5.74, 6) is 2.45. The van der Waals surface area contributed by atoms with Gasteiger partial charge in [0.2, 0.25) is 5.13 Å². The SMILES string of the molecule is COCc1nsc(NCC2(c3ccc4c(c3)OCCO4)CCCC2)n1. The van der Waals surface area contributed by atoms with Gasteiger partial charge in [-0.1, -0.05) is 18.9 Å². The average Bonchev–Trinajstić information content (AvgIpc) is 3.30. The molecular formula is C18H23N3O3S. The topological polar surface area (TPSA) is 65.5 Å². The van der Waals surface area contributed by atoms with Gasteiger partial charge in [-0.25, -0.2) is 4.98 Å². The van der Waals surface area contributed by atoms with Gasteiger partial charge in [0.25, 0.3) is 0 Å². The molecule has 2 heterocycles. The number of methoxy groups -OCH3 is 1. The van der Waals surface area contributed by atoms with Gasteiger partial charge >= 0.3 is 0 Å². The van der Waals surface area contributed by atoms with E-state index < -0.39 is 0 Å². The Morgan fingerprint density at radius 2 is 2.00 bits per heavy atom. The van der Waals surface area contributed by atoms with Crippen LogP contribution in [0.2, 0.25) is 0 Å². The van der Waals surface area contributed by atoms with E-state index in [1.807, 2.05) is 6.07 Å². The molecule has 4 rings (SSSR count). The second-order valence-electron chi connectivity index (χ2n) is 6.65. The van der Waals surface area contributed by atoms with Crippen molar-refractivity contribution < 1.29 is 14.2 Å². The van der Waals surface area contributed by atoms with E-state index in [4.69, 9.17) is 14.2 Å². The van der Waals surface area contributed by atoms with Crippen molar-refractivity contribution in [1.82, 2.24) is 9.36 Å². The van der Waals surface area contributed by atoms with E-state index in [0.717, 1.165) is 29.0 Å². The smallest absolute Gasteiger partial charge is 0.202 e. The lowest BCUT2D eigenvalue weighted by molar-refractivity contribution is 0.171. The number of aromatic nitrogens is 2. The van der Waals surface area contributed by atoms with Gasteiger partial charge in [-0.2, -0.15) is 4.37 Å². The zero-order valence-corrected chi connectivity index (χ0v) is 15.2. The molecule has 134 valence electrons. The Morgan fingerprint density at radius 1 is 1.20 bits per heavy atom. The Morgan fingerprint density at radius 3 is 2.80 bits per heavy atom. The quantitative estimate of drug-likeness (QED) is 0.851. The summed E-state index contributed by atoms with van der Waals surface area (Å²) in [4.78, 5) is 4.48. The lowest BCUT2D eigenvalue weighted by Crippen LogP contribution is -2.31. The second-order valence-corrected chi connectivity index (χ2v) is 7.40. The molecule has 1 aromatic heterocycles. The van der Waals surface area contributed by atoms with Crippen LogP contribution in [-0.2, 0) is 16.8 Å². The van der Waals surface area contributed by atoms with Gasteiger partial charge in [-0.05, 0) is 30.5 Å². The molecule has 0 saturated heterocycles. The van der Waals surface area contributed by atoms with Crippen LogP contribution in [0.4, 0.5) is 5.13 Å². The van der Waals surface area contributed by atoms with E-state index >= 15 is 0 Å². The third-order valence-electron chi connectivity index (χ3n) is 5.03. The Labute approximate surface area is 151 Å². The number of nitrogens with one attached hydrogen (secondary N) is 1. The van der Waals surface area contributed by atoms with Crippen LogP contribution in [0, 0.1) is 0 Å². The molecule has 25 heavy (non-hydrogen) atoms. The van der Waals surface area contributed by atoms with Gasteiger partial charge in [0.15, 0.2) is 17.3 Å². The summed E-state index contributed by atoms with van der Waals surface area (Å²) in [5.41, 5.74) is 1.44. The van der Waals surface area contributed by atoms with Crippen molar-refractivity contribution in [1.29, 1.82) is 0 Å². The molecule has 0 spiro atoms. The van der Waals surface area contributed by atoms with Gasteiger partial charge in [-0.3, -0.25) is 0 Å². The van der Waals surface area contributed by atoms with Crippen LogP contribution < -0.4 is 14.8 Å². The standard InChI is InChI=1S/C18H23N3O3S/c1-22-11-16-20-17(25-21-16)19-12-18(6-2-3-7-18)13-4-5-14-15(10-13)24-9-8-23-14/h4-5,10H,2-3,6-9,11-12H2,1H3,(H,19,20,21). The normalized spacial score (nSPS) is 18.3. The average molecular weight is 361 g/mol. The number of hydrogen-bond donors (Lipinski definition) is 1. The van der Waals surface area contributed by atoms with Crippen LogP contribution in [0.5, 0.6) is 11.5 Å². The van der Waals surface area contributed by atoms with Gasteiger partial charge in [-0.15, -0.1) is 0 Å². The van der Waals surface area contributed by atoms with Crippen molar-refractivity contribution in [2.45, 2.75) is 37.7 Å². The summed E-state index contributed by atoms with van der Waals surface area (Å²) in [7, 11) is 1.66. The van der Waals surface area contributed by atoms with E-state index in [1.54, 1.807) is 7.11 Å². The third kappa shape index (κ3) is 3.43. The number of anilines is 1. The number of benzene rings is 1. The van der Waals surface area contributed by atoms with Crippen LogP contribution in [0.15, 0.2) is 18.2 Å². The summed E-state index contributed by atoms with van der Waals surface area (Å²) in [6.45, 7) is 2.55. The maximum atomic E-state index is 5.78. The lowest BCUT2D eigenvalue weighted by atomic mass is 9.78. The fourth-order valence-corrected chi connectivity index (χ4v) is 4.32. The lowest BCUT2D eigenvalue weighted by Gasteiger charge is -2.31. The highest BCUT2D eigenvalue weighted by atomic mass is 32.1. The van der Waals surface area contributed by atoms with Crippen molar-refractivity contribution in [3.05, 3.63) is 29.6 Å². The molecule has 0 bridgehead atoms. The van der Waals surface area contributed by atoms with E-state index in [9.17, 15) is 0 Å². The second kappa shape index (κ2) is 7.17. The monoisotopic (exact) mass is 361 g/mol. The summed E-state index contributed by atoms with van der Waals surface area (Å²) in [5, 5.41) is 4.36. The molecule has 0 amide bonds. The minimum absolute atomic E-state index is 0.114. The van der Waals surface area contributed by atoms with Crippen molar-refractivity contribution in [3.63, 3.8) is 0 Å².